The standard InChI is InChI=1S/C34H42N4O8/c1-22(2)34-23(3)6-5-7-32(34)46-21-33(40)35-18-24-8-10-27(11-9-24)36(4)19-25-16-29(38(43)44)13-15-31(25)45-20-26-17-28(37(41)42)12-14-30(26)39/h8-17,22-23,32,34,39H,5-7,18-21H2,1-4H3,(H,35,40). The van der Waals surface area contributed by atoms with Gasteiger partial charge in [0.05, 0.1) is 16.0 Å². The molecule has 246 valence electrons. The van der Waals surface area contributed by atoms with Gasteiger partial charge in [0.1, 0.15) is 24.7 Å². The first kappa shape index (κ1) is 34.2. The molecule has 1 aliphatic carbocycles. The number of hydrogen-bond donors (Lipinski definition) is 2. The van der Waals surface area contributed by atoms with Gasteiger partial charge in [-0.2, -0.15) is 0 Å². The van der Waals surface area contributed by atoms with Crippen LogP contribution < -0.4 is 15.0 Å². The molecule has 3 atom stereocenters. The zero-order chi connectivity index (χ0) is 33.4. The molecule has 1 aliphatic rings. The molecule has 12 heteroatoms. The van der Waals surface area contributed by atoms with Crippen LogP contribution in [-0.4, -0.2) is 40.6 Å². The number of nitro groups is 2. The SMILES string of the molecule is CC(C)C1C(C)CCCC1OCC(=O)NCc1ccc(N(C)Cc2cc([N+](=O)[O-])ccc2OCc2cc([N+](=O)[O-])ccc2O)cc1. The van der Waals surface area contributed by atoms with Gasteiger partial charge in [-0.25, -0.2) is 0 Å². The Balaban J connectivity index is 1.35. The van der Waals surface area contributed by atoms with Crippen LogP contribution in [0.25, 0.3) is 0 Å². The van der Waals surface area contributed by atoms with Crippen molar-refractivity contribution in [2.75, 3.05) is 18.6 Å². The smallest absolute Gasteiger partial charge is 0.270 e. The Kier molecular flexibility index (Phi) is 11.5. The van der Waals surface area contributed by atoms with Crippen LogP contribution in [0, 0.1) is 38.0 Å². The summed E-state index contributed by atoms with van der Waals surface area (Å²) in [4.78, 5) is 36.0. The fourth-order valence-electron chi connectivity index (χ4n) is 6.22. The maximum Gasteiger partial charge on any atom is 0.270 e. The Morgan fingerprint density at radius 3 is 2.30 bits per heavy atom. The molecule has 46 heavy (non-hydrogen) atoms. The van der Waals surface area contributed by atoms with E-state index < -0.39 is 9.85 Å². The van der Waals surface area contributed by atoms with Crippen molar-refractivity contribution in [1.29, 1.82) is 0 Å². The minimum Gasteiger partial charge on any atom is -0.508 e. The van der Waals surface area contributed by atoms with Gasteiger partial charge in [-0.05, 0) is 54.0 Å². The molecule has 0 heterocycles. The third-order valence-electron chi connectivity index (χ3n) is 8.62. The lowest BCUT2D eigenvalue weighted by molar-refractivity contribution is -0.385. The second-order valence-corrected chi connectivity index (χ2v) is 12.3. The summed E-state index contributed by atoms with van der Waals surface area (Å²) in [5.41, 5.74) is 2.17. The minimum atomic E-state index is -0.566. The van der Waals surface area contributed by atoms with Gasteiger partial charge in [-0.1, -0.05) is 45.7 Å². The Hall–Kier alpha value is -4.71. The van der Waals surface area contributed by atoms with E-state index in [0.717, 1.165) is 24.1 Å². The van der Waals surface area contributed by atoms with Crippen LogP contribution in [0.15, 0.2) is 60.7 Å². The van der Waals surface area contributed by atoms with Crippen LogP contribution in [0.1, 0.15) is 56.7 Å². The largest absolute Gasteiger partial charge is 0.508 e. The molecule has 0 saturated heterocycles. The normalized spacial score (nSPS) is 17.8. The first-order valence-corrected chi connectivity index (χ1v) is 15.5. The summed E-state index contributed by atoms with van der Waals surface area (Å²) in [7, 11) is 1.83. The summed E-state index contributed by atoms with van der Waals surface area (Å²) >= 11 is 0. The number of ether oxygens (including phenoxy) is 2. The van der Waals surface area contributed by atoms with E-state index in [4.69, 9.17) is 9.47 Å². The highest BCUT2D eigenvalue weighted by Crippen LogP contribution is 2.37. The number of amides is 1. The molecule has 1 saturated carbocycles. The maximum atomic E-state index is 12.6. The summed E-state index contributed by atoms with van der Waals surface area (Å²) in [6, 6.07) is 15.5. The van der Waals surface area contributed by atoms with Gasteiger partial charge in [-0.15, -0.1) is 0 Å². The number of non-ortho nitro benzene ring substituents is 2. The number of rotatable bonds is 14. The number of nitrogens with one attached hydrogen (secondary N) is 1. The lowest BCUT2D eigenvalue weighted by Crippen LogP contribution is -2.39. The van der Waals surface area contributed by atoms with Gasteiger partial charge in [0.25, 0.3) is 11.4 Å². The average Bonchev–Trinajstić information content (AvgIpc) is 3.02. The highest BCUT2D eigenvalue weighted by Gasteiger charge is 2.33. The molecule has 0 bridgehead atoms. The van der Waals surface area contributed by atoms with E-state index in [1.807, 2.05) is 36.2 Å². The molecule has 1 amide bonds. The quantitative estimate of drug-likeness (QED) is 0.149. The molecule has 3 unspecified atom stereocenters. The topological polar surface area (TPSA) is 157 Å². The Labute approximate surface area is 268 Å². The number of benzene rings is 3. The zero-order valence-corrected chi connectivity index (χ0v) is 26.7. The van der Waals surface area contributed by atoms with Gasteiger partial charge >= 0.3 is 0 Å². The fourth-order valence-corrected chi connectivity index (χ4v) is 6.22. The summed E-state index contributed by atoms with van der Waals surface area (Å²) in [6.07, 6.45) is 3.42. The van der Waals surface area contributed by atoms with Gasteiger partial charge < -0.3 is 24.8 Å². The van der Waals surface area contributed by atoms with E-state index in [0.29, 0.717) is 35.6 Å². The molecule has 12 nitrogen and oxygen atoms in total. The van der Waals surface area contributed by atoms with Gasteiger partial charge in [0, 0.05) is 61.2 Å². The molecule has 4 rings (SSSR count). The summed E-state index contributed by atoms with van der Waals surface area (Å²) < 4.78 is 12.0. The number of anilines is 1. The Bertz CT molecular complexity index is 1530. The monoisotopic (exact) mass is 634 g/mol. The number of phenolic OH excluding ortho intramolecular Hbond substituents is 1. The van der Waals surface area contributed by atoms with Crippen molar-refractivity contribution in [3.05, 3.63) is 97.6 Å². The molecule has 0 spiro atoms. The van der Waals surface area contributed by atoms with E-state index >= 15 is 0 Å². The van der Waals surface area contributed by atoms with Crippen molar-refractivity contribution in [1.82, 2.24) is 5.32 Å². The second-order valence-electron chi connectivity index (χ2n) is 12.3. The molecule has 0 aliphatic heterocycles. The van der Waals surface area contributed by atoms with E-state index in [2.05, 4.69) is 26.1 Å². The van der Waals surface area contributed by atoms with Crippen molar-refractivity contribution in [2.45, 2.75) is 65.8 Å². The average molecular weight is 635 g/mol. The van der Waals surface area contributed by atoms with Crippen molar-refractivity contribution in [3.63, 3.8) is 0 Å². The lowest BCUT2D eigenvalue weighted by atomic mass is 9.72. The van der Waals surface area contributed by atoms with Crippen molar-refractivity contribution in [2.24, 2.45) is 17.8 Å². The molecule has 2 N–H and O–H groups in total. The summed E-state index contributed by atoms with van der Waals surface area (Å²) in [5, 5.41) is 35.7. The van der Waals surface area contributed by atoms with Crippen LogP contribution in [0.5, 0.6) is 11.5 Å². The molecule has 3 aromatic rings. The molecular weight excluding hydrogens is 592 g/mol. The van der Waals surface area contributed by atoms with Crippen LogP contribution in [-0.2, 0) is 29.2 Å². The number of aromatic hydroxyl groups is 1. The van der Waals surface area contributed by atoms with Gasteiger partial charge in [-0.3, -0.25) is 25.0 Å². The van der Waals surface area contributed by atoms with E-state index in [1.165, 1.54) is 42.8 Å². The van der Waals surface area contributed by atoms with Crippen molar-refractivity contribution < 1.29 is 29.2 Å². The van der Waals surface area contributed by atoms with E-state index in [-0.39, 0.29) is 54.5 Å². The van der Waals surface area contributed by atoms with Crippen LogP contribution >= 0.6 is 0 Å². The first-order valence-electron chi connectivity index (χ1n) is 15.5. The highest BCUT2D eigenvalue weighted by molar-refractivity contribution is 5.77. The Morgan fingerprint density at radius 2 is 1.65 bits per heavy atom. The maximum absolute atomic E-state index is 12.6. The Morgan fingerprint density at radius 1 is 1.00 bits per heavy atom. The number of nitro benzene ring substituents is 2. The minimum absolute atomic E-state index is 0.0375. The van der Waals surface area contributed by atoms with Gasteiger partial charge in [0.2, 0.25) is 5.91 Å². The van der Waals surface area contributed by atoms with Gasteiger partial charge in [0.15, 0.2) is 0 Å². The number of phenols is 1. The second kappa shape index (κ2) is 15.5. The van der Waals surface area contributed by atoms with E-state index in [9.17, 15) is 30.1 Å². The molecule has 0 radical (unpaired) electrons. The number of carbonyl (C=O) groups excluding carboxylic acids is 1. The zero-order valence-electron chi connectivity index (χ0n) is 26.7. The molecule has 3 aromatic carbocycles. The molecule has 0 aromatic heterocycles. The van der Waals surface area contributed by atoms with Crippen LogP contribution in [0.2, 0.25) is 0 Å². The van der Waals surface area contributed by atoms with E-state index in [1.54, 1.807) is 0 Å². The summed E-state index contributed by atoms with van der Waals surface area (Å²) in [6.45, 7) is 7.18. The van der Waals surface area contributed by atoms with Crippen molar-refractivity contribution >= 4 is 23.0 Å². The number of carbonyl (C=O) groups is 1. The highest BCUT2D eigenvalue weighted by atomic mass is 16.6. The number of hydrogen-bond acceptors (Lipinski definition) is 9. The predicted molar refractivity (Wildman–Crippen MR) is 174 cm³/mol. The van der Waals surface area contributed by atoms with Crippen LogP contribution in [0.4, 0.5) is 17.1 Å². The third-order valence-corrected chi connectivity index (χ3v) is 8.62. The first-order chi connectivity index (χ1) is 21.9. The summed E-state index contributed by atoms with van der Waals surface area (Å²) in [5.74, 6) is 1.58. The van der Waals surface area contributed by atoms with Crippen molar-refractivity contribution in [3.8, 4) is 11.5 Å². The molecular formula is C34H42N4O8. The third kappa shape index (κ3) is 8.94. The van der Waals surface area contributed by atoms with Crippen LogP contribution in [0.3, 0.4) is 0 Å². The fraction of sp³-hybridized carbons (Fsp3) is 0.441. The molecule has 1 fully saturated rings. The lowest BCUT2D eigenvalue weighted by Gasteiger charge is -2.38. The number of nitrogens with zero attached hydrogens (tertiary/aromatic N) is 3. The predicted octanol–water partition coefficient (Wildman–Crippen LogP) is 6.52.